The predicted octanol–water partition coefficient (Wildman–Crippen LogP) is 1.28. The molecule has 0 aromatic heterocycles. The topological polar surface area (TPSA) is 45.6 Å². The standard InChI is InChI=1S/C12H15F2N3O/c13-10-3-2-9(8-11(10)14)18-7-6-17-12-15-4-1-5-16-12/h2-3,8H,1,4-7H2,(H2,15,16,17). The summed E-state index contributed by atoms with van der Waals surface area (Å²) in [4.78, 5) is 4.23. The average molecular weight is 255 g/mol. The van der Waals surface area contributed by atoms with Crippen LogP contribution in [0.1, 0.15) is 6.42 Å². The molecule has 1 aromatic carbocycles. The van der Waals surface area contributed by atoms with E-state index in [0.717, 1.165) is 37.6 Å². The molecule has 0 spiro atoms. The van der Waals surface area contributed by atoms with Gasteiger partial charge in [0.05, 0.1) is 6.54 Å². The number of benzene rings is 1. The number of hydrogen-bond donors (Lipinski definition) is 2. The van der Waals surface area contributed by atoms with Crippen LogP contribution in [0, 0.1) is 11.6 Å². The second kappa shape index (κ2) is 6.18. The molecule has 4 nitrogen and oxygen atoms in total. The summed E-state index contributed by atoms with van der Waals surface area (Å²) < 4.78 is 30.8. The summed E-state index contributed by atoms with van der Waals surface area (Å²) in [5.41, 5.74) is 0. The van der Waals surface area contributed by atoms with Gasteiger partial charge in [0, 0.05) is 19.2 Å². The smallest absolute Gasteiger partial charge is 0.191 e. The molecule has 0 fully saturated rings. The van der Waals surface area contributed by atoms with Gasteiger partial charge >= 0.3 is 0 Å². The van der Waals surface area contributed by atoms with Crippen LogP contribution in [-0.4, -0.2) is 32.2 Å². The largest absolute Gasteiger partial charge is 0.492 e. The van der Waals surface area contributed by atoms with Gasteiger partial charge in [-0.05, 0) is 18.6 Å². The summed E-state index contributed by atoms with van der Waals surface area (Å²) in [6.45, 7) is 2.63. The highest BCUT2D eigenvalue weighted by molar-refractivity contribution is 5.80. The van der Waals surface area contributed by atoms with Crippen LogP contribution in [0.4, 0.5) is 8.78 Å². The second-order valence-electron chi connectivity index (χ2n) is 3.86. The van der Waals surface area contributed by atoms with E-state index in [2.05, 4.69) is 15.6 Å². The lowest BCUT2D eigenvalue weighted by Gasteiger charge is -2.16. The molecule has 0 unspecified atom stereocenters. The molecule has 0 amide bonds. The molecule has 0 saturated heterocycles. The van der Waals surface area contributed by atoms with Crippen molar-refractivity contribution in [1.29, 1.82) is 0 Å². The van der Waals surface area contributed by atoms with Crippen molar-refractivity contribution in [2.45, 2.75) is 6.42 Å². The molecule has 1 heterocycles. The molecular formula is C12H15F2N3O. The number of aliphatic imine (C=N–C) groups is 1. The highest BCUT2D eigenvalue weighted by atomic mass is 19.2. The number of nitrogens with zero attached hydrogens (tertiary/aromatic N) is 1. The summed E-state index contributed by atoms with van der Waals surface area (Å²) in [5, 5.41) is 6.17. The number of guanidine groups is 1. The molecule has 2 rings (SSSR count). The van der Waals surface area contributed by atoms with Gasteiger partial charge in [0.25, 0.3) is 0 Å². The zero-order chi connectivity index (χ0) is 12.8. The summed E-state index contributed by atoms with van der Waals surface area (Å²) >= 11 is 0. The predicted molar refractivity (Wildman–Crippen MR) is 64.8 cm³/mol. The molecule has 0 aliphatic carbocycles. The summed E-state index contributed by atoms with van der Waals surface area (Å²) in [6.07, 6.45) is 1.04. The van der Waals surface area contributed by atoms with Gasteiger partial charge < -0.3 is 15.4 Å². The highest BCUT2D eigenvalue weighted by Crippen LogP contribution is 2.14. The molecule has 98 valence electrons. The van der Waals surface area contributed by atoms with E-state index in [1.807, 2.05) is 0 Å². The number of halogens is 2. The number of ether oxygens (including phenoxy) is 1. The average Bonchev–Trinajstić information content (AvgIpc) is 2.40. The highest BCUT2D eigenvalue weighted by Gasteiger charge is 2.04. The van der Waals surface area contributed by atoms with Crippen LogP contribution in [0.5, 0.6) is 5.75 Å². The Morgan fingerprint density at radius 2 is 2.22 bits per heavy atom. The van der Waals surface area contributed by atoms with Crippen LogP contribution in [-0.2, 0) is 0 Å². The zero-order valence-corrected chi connectivity index (χ0v) is 9.88. The maximum absolute atomic E-state index is 12.9. The first kappa shape index (κ1) is 12.6. The van der Waals surface area contributed by atoms with Crippen molar-refractivity contribution >= 4 is 5.96 Å². The maximum atomic E-state index is 12.9. The number of nitrogens with one attached hydrogen (secondary N) is 2. The van der Waals surface area contributed by atoms with Crippen molar-refractivity contribution in [3.8, 4) is 5.75 Å². The van der Waals surface area contributed by atoms with E-state index < -0.39 is 11.6 Å². The summed E-state index contributed by atoms with van der Waals surface area (Å²) in [5.74, 6) is -0.704. The molecule has 1 aromatic rings. The molecule has 0 saturated carbocycles. The quantitative estimate of drug-likeness (QED) is 0.797. The normalized spacial score (nSPS) is 14.7. The Kier molecular flexibility index (Phi) is 4.33. The van der Waals surface area contributed by atoms with Crippen LogP contribution in [0.25, 0.3) is 0 Å². The molecule has 0 atom stereocenters. The Balaban J connectivity index is 1.71. The first-order valence-corrected chi connectivity index (χ1v) is 5.86. The molecule has 2 N–H and O–H groups in total. The Hall–Kier alpha value is -1.85. The van der Waals surface area contributed by atoms with Gasteiger partial charge in [-0.15, -0.1) is 0 Å². The fourth-order valence-electron chi connectivity index (χ4n) is 1.56. The fraction of sp³-hybridized carbons (Fsp3) is 0.417. The van der Waals surface area contributed by atoms with Gasteiger partial charge in [0.15, 0.2) is 17.6 Å². The molecule has 18 heavy (non-hydrogen) atoms. The van der Waals surface area contributed by atoms with Crippen LogP contribution in [0.15, 0.2) is 23.2 Å². The minimum atomic E-state index is -0.904. The van der Waals surface area contributed by atoms with E-state index in [4.69, 9.17) is 4.74 Å². The van der Waals surface area contributed by atoms with E-state index in [-0.39, 0.29) is 0 Å². The van der Waals surface area contributed by atoms with Gasteiger partial charge in [-0.2, -0.15) is 0 Å². The third-order valence-electron chi connectivity index (χ3n) is 2.45. The van der Waals surface area contributed by atoms with Crippen molar-refractivity contribution in [1.82, 2.24) is 10.6 Å². The second-order valence-corrected chi connectivity index (χ2v) is 3.86. The maximum Gasteiger partial charge on any atom is 0.191 e. The molecule has 6 heteroatoms. The SMILES string of the molecule is Fc1ccc(OCCNC2=NCCCN2)cc1F. The van der Waals surface area contributed by atoms with E-state index in [9.17, 15) is 8.78 Å². The van der Waals surface area contributed by atoms with Gasteiger partial charge in [0.2, 0.25) is 0 Å². The Morgan fingerprint density at radius 1 is 1.33 bits per heavy atom. The van der Waals surface area contributed by atoms with Crippen LogP contribution >= 0.6 is 0 Å². The third kappa shape index (κ3) is 3.58. The molecular weight excluding hydrogens is 240 g/mol. The van der Waals surface area contributed by atoms with Crippen molar-refractivity contribution in [3.63, 3.8) is 0 Å². The first-order chi connectivity index (χ1) is 8.75. The fourth-order valence-corrected chi connectivity index (χ4v) is 1.56. The van der Waals surface area contributed by atoms with E-state index >= 15 is 0 Å². The molecule has 0 bridgehead atoms. The van der Waals surface area contributed by atoms with Crippen LogP contribution < -0.4 is 15.4 Å². The van der Waals surface area contributed by atoms with Crippen molar-refractivity contribution in [2.75, 3.05) is 26.2 Å². The van der Waals surface area contributed by atoms with Gasteiger partial charge in [0.1, 0.15) is 12.4 Å². The van der Waals surface area contributed by atoms with E-state index in [0.29, 0.717) is 18.9 Å². The lowest BCUT2D eigenvalue weighted by Crippen LogP contribution is -2.42. The van der Waals surface area contributed by atoms with Gasteiger partial charge in [-0.25, -0.2) is 8.78 Å². The van der Waals surface area contributed by atoms with Crippen molar-refractivity contribution < 1.29 is 13.5 Å². The lowest BCUT2D eigenvalue weighted by atomic mass is 10.3. The minimum absolute atomic E-state index is 0.314. The van der Waals surface area contributed by atoms with Crippen LogP contribution in [0.2, 0.25) is 0 Å². The molecule has 1 aliphatic rings. The number of rotatable bonds is 4. The zero-order valence-electron chi connectivity index (χ0n) is 9.88. The Morgan fingerprint density at radius 3 is 2.94 bits per heavy atom. The molecule has 0 radical (unpaired) electrons. The number of hydrogen-bond acceptors (Lipinski definition) is 4. The summed E-state index contributed by atoms with van der Waals surface area (Å²) in [7, 11) is 0. The van der Waals surface area contributed by atoms with E-state index in [1.165, 1.54) is 6.07 Å². The van der Waals surface area contributed by atoms with Crippen molar-refractivity contribution in [3.05, 3.63) is 29.8 Å². The lowest BCUT2D eigenvalue weighted by molar-refractivity contribution is 0.318. The summed E-state index contributed by atoms with van der Waals surface area (Å²) in [6, 6.07) is 3.48. The monoisotopic (exact) mass is 255 g/mol. The van der Waals surface area contributed by atoms with Gasteiger partial charge in [-0.1, -0.05) is 0 Å². The van der Waals surface area contributed by atoms with Crippen LogP contribution in [0.3, 0.4) is 0 Å². The van der Waals surface area contributed by atoms with Crippen molar-refractivity contribution in [2.24, 2.45) is 4.99 Å². The molecule has 1 aliphatic heterocycles. The Labute approximate surface area is 104 Å². The van der Waals surface area contributed by atoms with Gasteiger partial charge in [-0.3, -0.25) is 4.99 Å². The first-order valence-electron chi connectivity index (χ1n) is 5.86. The van der Waals surface area contributed by atoms with E-state index in [1.54, 1.807) is 0 Å². The Bertz CT molecular complexity index is 437. The minimum Gasteiger partial charge on any atom is -0.492 e. The third-order valence-corrected chi connectivity index (χ3v) is 2.45.